The van der Waals surface area contributed by atoms with Crippen LogP contribution in [-0.2, 0) is 0 Å². The lowest BCUT2D eigenvalue weighted by Crippen LogP contribution is -2.22. The van der Waals surface area contributed by atoms with E-state index in [2.05, 4.69) is 26.5 Å². The van der Waals surface area contributed by atoms with Crippen molar-refractivity contribution in [3.63, 3.8) is 0 Å². The summed E-state index contributed by atoms with van der Waals surface area (Å²) in [6.45, 7) is 0. The van der Waals surface area contributed by atoms with Crippen LogP contribution in [0.5, 0.6) is 5.75 Å². The monoisotopic (exact) mass is 551 g/mol. The van der Waals surface area contributed by atoms with Gasteiger partial charge >= 0.3 is 0 Å². The third-order valence-electron chi connectivity index (χ3n) is 4.99. The Morgan fingerprint density at radius 1 is 1.09 bits per heavy atom. The van der Waals surface area contributed by atoms with E-state index in [1.165, 1.54) is 17.4 Å². The van der Waals surface area contributed by atoms with Crippen molar-refractivity contribution >= 4 is 55.7 Å². The summed E-state index contributed by atoms with van der Waals surface area (Å²) in [6, 6.07) is 21.2. The molecular formula is C25H15BrClN3O3S. The molecule has 2 aromatic heterocycles. The van der Waals surface area contributed by atoms with E-state index in [4.69, 9.17) is 21.0 Å². The minimum Gasteiger partial charge on any atom is -0.508 e. The Morgan fingerprint density at radius 3 is 2.68 bits per heavy atom. The maximum atomic E-state index is 12.7. The van der Waals surface area contributed by atoms with Crippen molar-refractivity contribution in [2.75, 3.05) is 0 Å². The second kappa shape index (κ2) is 9.42. The predicted molar refractivity (Wildman–Crippen MR) is 137 cm³/mol. The van der Waals surface area contributed by atoms with Crippen LogP contribution in [0, 0.1) is 0 Å². The number of aromatic nitrogens is 1. The molecule has 0 saturated heterocycles. The summed E-state index contributed by atoms with van der Waals surface area (Å²) in [7, 11) is 0. The molecule has 0 radical (unpaired) electrons. The van der Waals surface area contributed by atoms with Crippen molar-refractivity contribution < 1.29 is 14.3 Å². The number of amides is 1. The van der Waals surface area contributed by atoms with Crippen LogP contribution in [0.25, 0.3) is 32.8 Å². The molecule has 0 aliphatic rings. The summed E-state index contributed by atoms with van der Waals surface area (Å²) in [5.74, 6) is -0.336. The van der Waals surface area contributed by atoms with Gasteiger partial charge in [0.1, 0.15) is 16.3 Å². The minimum absolute atomic E-state index is 0.0616. The first-order chi connectivity index (χ1) is 16.5. The average molecular weight is 553 g/mol. The molecule has 0 aliphatic heterocycles. The number of hydrogen-bond donors (Lipinski definition) is 2. The Labute approximate surface area is 211 Å². The first-order valence-corrected chi connectivity index (χ1v) is 12.1. The Balaban J connectivity index is 1.59. The standard InChI is InChI=1S/C25H15BrClN3O3S/c26-20-4-2-1-3-18(20)23(32)29-30-24-19(11-15-7-10-17(31)12-22(15)33-24)25-28-21(13-34-25)14-5-8-16(27)9-6-14/h1-13,31H,(H,29,32)/b30-24-. The van der Waals surface area contributed by atoms with Crippen molar-refractivity contribution in [2.45, 2.75) is 0 Å². The number of nitrogens with zero attached hydrogens (tertiary/aromatic N) is 2. The fraction of sp³-hybridized carbons (Fsp3) is 0. The van der Waals surface area contributed by atoms with Gasteiger partial charge in [0, 0.05) is 31.9 Å². The summed E-state index contributed by atoms with van der Waals surface area (Å²) in [5.41, 5.74) is 5.89. The van der Waals surface area contributed by atoms with Gasteiger partial charge in [-0.05, 0) is 58.4 Å². The molecule has 0 spiro atoms. The lowest BCUT2D eigenvalue weighted by molar-refractivity contribution is 0.0950. The zero-order chi connectivity index (χ0) is 23.7. The SMILES string of the molecule is O=C(N/N=c1\oc2cc(O)ccc2cc1-c1nc(-c2ccc(Cl)cc2)cs1)c1ccccc1Br. The fourth-order valence-electron chi connectivity index (χ4n) is 3.30. The summed E-state index contributed by atoms with van der Waals surface area (Å²) in [5, 5.41) is 18.1. The molecule has 3 aromatic carbocycles. The highest BCUT2D eigenvalue weighted by Crippen LogP contribution is 2.30. The first kappa shape index (κ1) is 22.3. The van der Waals surface area contributed by atoms with Gasteiger partial charge in [-0.15, -0.1) is 16.4 Å². The highest BCUT2D eigenvalue weighted by Gasteiger charge is 2.14. The highest BCUT2D eigenvalue weighted by atomic mass is 79.9. The number of rotatable bonds is 4. The first-order valence-electron chi connectivity index (χ1n) is 10.1. The topological polar surface area (TPSA) is 87.7 Å². The van der Waals surface area contributed by atoms with Gasteiger partial charge in [-0.1, -0.05) is 35.9 Å². The molecule has 0 atom stereocenters. The van der Waals surface area contributed by atoms with E-state index < -0.39 is 5.91 Å². The number of thiazole rings is 1. The average Bonchev–Trinajstić information content (AvgIpc) is 3.33. The molecule has 9 heteroatoms. The van der Waals surface area contributed by atoms with Gasteiger partial charge in [0.05, 0.1) is 16.8 Å². The number of carbonyl (C=O) groups excluding carboxylic acids is 1. The van der Waals surface area contributed by atoms with E-state index in [1.807, 2.05) is 41.8 Å². The van der Waals surface area contributed by atoms with Crippen molar-refractivity contribution in [2.24, 2.45) is 5.10 Å². The maximum absolute atomic E-state index is 12.7. The Bertz CT molecular complexity index is 1600. The summed E-state index contributed by atoms with van der Waals surface area (Å²) in [4.78, 5) is 17.4. The summed E-state index contributed by atoms with van der Waals surface area (Å²) in [6.07, 6.45) is 0. The third-order valence-corrected chi connectivity index (χ3v) is 6.81. The summed E-state index contributed by atoms with van der Waals surface area (Å²) < 4.78 is 6.62. The molecular weight excluding hydrogens is 538 g/mol. The number of phenols is 1. The number of aromatic hydroxyl groups is 1. The molecule has 5 aromatic rings. The maximum Gasteiger partial charge on any atom is 0.272 e. The number of nitrogens with one attached hydrogen (secondary N) is 1. The smallest absolute Gasteiger partial charge is 0.272 e. The highest BCUT2D eigenvalue weighted by molar-refractivity contribution is 9.10. The largest absolute Gasteiger partial charge is 0.508 e. The van der Waals surface area contributed by atoms with Crippen molar-refractivity contribution in [3.05, 3.63) is 98.8 Å². The van der Waals surface area contributed by atoms with Crippen LogP contribution in [0.3, 0.4) is 0 Å². The van der Waals surface area contributed by atoms with Gasteiger partial charge in [0.2, 0.25) is 5.55 Å². The minimum atomic E-state index is -0.398. The molecule has 0 unspecified atom stereocenters. The van der Waals surface area contributed by atoms with Crippen LogP contribution in [0.4, 0.5) is 0 Å². The van der Waals surface area contributed by atoms with Crippen LogP contribution < -0.4 is 11.0 Å². The van der Waals surface area contributed by atoms with Crippen LogP contribution >= 0.6 is 38.9 Å². The third kappa shape index (κ3) is 4.61. The lowest BCUT2D eigenvalue weighted by atomic mass is 10.1. The number of halogens is 2. The van der Waals surface area contributed by atoms with Crippen LogP contribution in [0.1, 0.15) is 10.4 Å². The van der Waals surface area contributed by atoms with E-state index in [0.717, 1.165) is 16.6 Å². The van der Waals surface area contributed by atoms with Gasteiger partial charge in [0.15, 0.2) is 0 Å². The Morgan fingerprint density at radius 2 is 1.88 bits per heavy atom. The second-order valence-electron chi connectivity index (χ2n) is 7.26. The van der Waals surface area contributed by atoms with E-state index in [9.17, 15) is 9.90 Å². The zero-order valence-electron chi connectivity index (χ0n) is 17.3. The molecule has 5 rings (SSSR count). The van der Waals surface area contributed by atoms with Gasteiger partial charge < -0.3 is 9.52 Å². The van der Waals surface area contributed by atoms with Crippen molar-refractivity contribution in [1.82, 2.24) is 10.4 Å². The molecule has 34 heavy (non-hydrogen) atoms. The quantitative estimate of drug-likeness (QED) is 0.246. The zero-order valence-corrected chi connectivity index (χ0v) is 20.5. The molecule has 0 bridgehead atoms. The van der Waals surface area contributed by atoms with E-state index in [1.54, 1.807) is 30.3 Å². The van der Waals surface area contributed by atoms with E-state index >= 15 is 0 Å². The Hall–Kier alpha value is -3.46. The van der Waals surface area contributed by atoms with Crippen molar-refractivity contribution in [1.29, 1.82) is 0 Å². The number of fused-ring (bicyclic) bond motifs is 1. The van der Waals surface area contributed by atoms with Crippen LogP contribution in [0.15, 0.2) is 92.2 Å². The van der Waals surface area contributed by atoms with Gasteiger partial charge in [-0.2, -0.15) is 0 Å². The van der Waals surface area contributed by atoms with Crippen LogP contribution in [-0.4, -0.2) is 16.0 Å². The van der Waals surface area contributed by atoms with Gasteiger partial charge in [-0.3, -0.25) is 4.79 Å². The summed E-state index contributed by atoms with van der Waals surface area (Å²) >= 11 is 10.8. The predicted octanol–water partition coefficient (Wildman–Crippen LogP) is 6.59. The Kier molecular flexibility index (Phi) is 6.19. The van der Waals surface area contributed by atoms with E-state index in [-0.39, 0.29) is 11.3 Å². The normalized spacial score (nSPS) is 11.6. The lowest BCUT2D eigenvalue weighted by Gasteiger charge is -2.05. The number of carbonyl (C=O) groups is 1. The molecule has 2 heterocycles. The number of phenolic OH excluding ortho intramolecular Hbond substituents is 1. The fourth-order valence-corrected chi connectivity index (χ4v) is 4.73. The van der Waals surface area contributed by atoms with Gasteiger partial charge in [0.25, 0.3) is 5.91 Å². The molecule has 0 aliphatic carbocycles. The molecule has 2 N–H and O–H groups in total. The second-order valence-corrected chi connectivity index (χ2v) is 9.41. The van der Waals surface area contributed by atoms with Crippen molar-refractivity contribution in [3.8, 4) is 27.6 Å². The van der Waals surface area contributed by atoms with Crippen LogP contribution in [0.2, 0.25) is 5.02 Å². The number of benzene rings is 3. The van der Waals surface area contributed by atoms with E-state index in [0.29, 0.717) is 31.2 Å². The molecule has 0 saturated carbocycles. The molecule has 168 valence electrons. The molecule has 0 fully saturated rings. The van der Waals surface area contributed by atoms with Gasteiger partial charge in [-0.25, -0.2) is 10.4 Å². The number of hydrogen-bond acceptors (Lipinski definition) is 6. The molecule has 1 amide bonds. The molecule has 6 nitrogen and oxygen atoms in total.